The summed E-state index contributed by atoms with van der Waals surface area (Å²) in [6, 6.07) is 15.6. The van der Waals surface area contributed by atoms with Crippen LogP contribution < -0.4 is 0 Å². The molecule has 0 unspecified atom stereocenters. The second kappa shape index (κ2) is 6.22. The predicted octanol–water partition coefficient (Wildman–Crippen LogP) is 5.87. The van der Waals surface area contributed by atoms with Crippen LogP contribution in [-0.4, -0.2) is 0 Å². The highest BCUT2D eigenvalue weighted by atomic mass is 79.9. The van der Waals surface area contributed by atoms with Crippen molar-refractivity contribution in [2.24, 2.45) is 0 Å². The van der Waals surface area contributed by atoms with Crippen LogP contribution in [0.1, 0.15) is 11.1 Å². The van der Waals surface area contributed by atoms with Crippen LogP contribution in [0.3, 0.4) is 0 Å². The first-order valence-corrected chi connectivity index (χ1v) is 7.22. The van der Waals surface area contributed by atoms with E-state index in [9.17, 15) is 0 Å². The third-order valence-corrected chi connectivity index (χ3v) is 3.64. The van der Waals surface area contributed by atoms with E-state index in [1.54, 1.807) is 0 Å². The lowest BCUT2D eigenvalue weighted by Crippen LogP contribution is -1.91. The van der Waals surface area contributed by atoms with Gasteiger partial charge in [0, 0.05) is 20.1 Å². The minimum atomic E-state index is 0.584. The van der Waals surface area contributed by atoms with Crippen molar-refractivity contribution in [2.75, 3.05) is 0 Å². The Morgan fingerprint density at radius 2 is 1.00 bits per heavy atom. The van der Waals surface area contributed by atoms with E-state index in [0.29, 0.717) is 11.5 Å². The van der Waals surface area contributed by atoms with Crippen molar-refractivity contribution >= 4 is 43.4 Å². The first kappa shape index (κ1) is 14.1. The maximum absolute atomic E-state index is 5.68. The van der Waals surface area contributed by atoms with E-state index in [2.05, 4.69) is 45.0 Å². The van der Waals surface area contributed by atoms with E-state index in [-0.39, 0.29) is 0 Å². The van der Waals surface area contributed by atoms with Gasteiger partial charge in [-0.25, -0.2) is 0 Å². The second-order valence-corrected chi connectivity index (χ2v) is 5.79. The van der Waals surface area contributed by atoms with Gasteiger partial charge < -0.3 is 4.74 Å². The van der Waals surface area contributed by atoms with E-state index >= 15 is 0 Å². The van der Waals surface area contributed by atoms with Gasteiger partial charge in [-0.1, -0.05) is 69.3 Å². The predicted molar refractivity (Wildman–Crippen MR) is 87.4 cm³/mol. The van der Waals surface area contributed by atoms with Gasteiger partial charge >= 0.3 is 0 Å². The van der Waals surface area contributed by atoms with Gasteiger partial charge in [0.1, 0.15) is 11.5 Å². The molecule has 2 aromatic carbocycles. The van der Waals surface area contributed by atoms with Crippen molar-refractivity contribution in [3.8, 4) is 0 Å². The molecule has 0 aromatic heterocycles. The molecule has 0 amide bonds. The largest absolute Gasteiger partial charge is 0.457 e. The quantitative estimate of drug-likeness (QED) is 0.603. The number of ether oxygens (including phenoxy) is 1. The Morgan fingerprint density at radius 3 is 1.32 bits per heavy atom. The van der Waals surface area contributed by atoms with Crippen LogP contribution in [0.25, 0.3) is 11.5 Å². The Hall–Kier alpha value is -1.32. The van der Waals surface area contributed by atoms with Crippen LogP contribution in [0.5, 0.6) is 0 Å². The molecule has 0 aliphatic heterocycles. The van der Waals surface area contributed by atoms with Crippen LogP contribution in [0.2, 0.25) is 0 Å². The Bertz CT molecular complexity index is 542. The van der Waals surface area contributed by atoms with Gasteiger partial charge in [0.15, 0.2) is 0 Å². The molecule has 1 nitrogen and oxygen atoms in total. The maximum atomic E-state index is 5.68. The Balaban J connectivity index is 2.08. The lowest BCUT2D eigenvalue weighted by Gasteiger charge is -2.11. The molecule has 0 aliphatic rings. The molecule has 96 valence electrons. The molecule has 2 rings (SSSR count). The van der Waals surface area contributed by atoms with Gasteiger partial charge in [0.2, 0.25) is 0 Å². The first-order chi connectivity index (χ1) is 9.06. The summed E-state index contributed by atoms with van der Waals surface area (Å²) in [6.45, 7) is 7.86. The van der Waals surface area contributed by atoms with Gasteiger partial charge in [0.05, 0.1) is 0 Å². The van der Waals surface area contributed by atoms with E-state index in [4.69, 9.17) is 4.74 Å². The van der Waals surface area contributed by atoms with Crippen LogP contribution >= 0.6 is 31.9 Å². The molecule has 2 aromatic rings. The van der Waals surface area contributed by atoms with Gasteiger partial charge in [-0.3, -0.25) is 0 Å². The van der Waals surface area contributed by atoms with E-state index in [1.807, 2.05) is 48.5 Å². The highest BCUT2D eigenvalue weighted by Gasteiger charge is 2.05. The van der Waals surface area contributed by atoms with Crippen molar-refractivity contribution in [3.63, 3.8) is 0 Å². The molecule has 0 heterocycles. The number of rotatable bonds is 4. The molecular weight excluding hydrogens is 368 g/mol. The average molecular weight is 380 g/mol. The number of hydrogen-bond acceptors (Lipinski definition) is 1. The smallest absolute Gasteiger partial charge is 0.127 e. The Morgan fingerprint density at radius 1 is 0.684 bits per heavy atom. The third kappa shape index (κ3) is 3.82. The van der Waals surface area contributed by atoms with Crippen LogP contribution in [0, 0.1) is 0 Å². The lowest BCUT2D eigenvalue weighted by molar-refractivity contribution is 0.474. The Kier molecular flexibility index (Phi) is 4.61. The summed E-state index contributed by atoms with van der Waals surface area (Å²) in [5, 5.41) is 0. The number of benzene rings is 2. The molecule has 0 saturated heterocycles. The molecule has 19 heavy (non-hydrogen) atoms. The van der Waals surface area contributed by atoms with Crippen LogP contribution in [0.4, 0.5) is 0 Å². The van der Waals surface area contributed by atoms with Crippen LogP contribution in [-0.2, 0) is 4.74 Å². The maximum Gasteiger partial charge on any atom is 0.127 e. The summed E-state index contributed by atoms with van der Waals surface area (Å²) in [7, 11) is 0. The SMILES string of the molecule is C=C(OC(=C)c1ccc(Br)cc1)c1ccc(Br)cc1. The molecule has 0 saturated carbocycles. The molecule has 0 aliphatic carbocycles. The molecule has 0 radical (unpaired) electrons. The standard InChI is InChI=1S/C16H12Br2O/c1-11(13-3-7-15(17)8-4-13)19-12(2)14-5-9-16(18)10-6-14/h3-10H,1-2H2. The van der Waals surface area contributed by atoms with Crippen molar-refractivity contribution in [1.29, 1.82) is 0 Å². The van der Waals surface area contributed by atoms with E-state index < -0.39 is 0 Å². The zero-order valence-electron chi connectivity index (χ0n) is 10.2. The Labute approximate surface area is 129 Å². The zero-order chi connectivity index (χ0) is 13.8. The monoisotopic (exact) mass is 378 g/mol. The average Bonchev–Trinajstić information content (AvgIpc) is 2.40. The summed E-state index contributed by atoms with van der Waals surface area (Å²) in [5.41, 5.74) is 1.86. The normalized spacial score (nSPS) is 10.0. The minimum absolute atomic E-state index is 0.584. The molecule has 0 spiro atoms. The van der Waals surface area contributed by atoms with Crippen molar-refractivity contribution < 1.29 is 4.74 Å². The summed E-state index contributed by atoms with van der Waals surface area (Å²) >= 11 is 6.79. The molecule has 0 fully saturated rings. The van der Waals surface area contributed by atoms with Crippen molar-refractivity contribution in [2.45, 2.75) is 0 Å². The van der Waals surface area contributed by atoms with Gasteiger partial charge in [0.25, 0.3) is 0 Å². The first-order valence-electron chi connectivity index (χ1n) is 5.64. The van der Waals surface area contributed by atoms with Gasteiger partial charge in [-0.15, -0.1) is 0 Å². The van der Waals surface area contributed by atoms with Gasteiger partial charge in [-0.05, 0) is 24.3 Å². The zero-order valence-corrected chi connectivity index (χ0v) is 13.4. The fourth-order valence-electron chi connectivity index (χ4n) is 1.54. The highest BCUT2D eigenvalue weighted by Crippen LogP contribution is 2.24. The summed E-state index contributed by atoms with van der Waals surface area (Å²) < 4.78 is 7.73. The molecular formula is C16H12Br2O. The lowest BCUT2D eigenvalue weighted by atomic mass is 10.2. The summed E-state index contributed by atoms with van der Waals surface area (Å²) in [5.74, 6) is 1.17. The molecule has 3 heteroatoms. The summed E-state index contributed by atoms with van der Waals surface area (Å²) in [4.78, 5) is 0. The van der Waals surface area contributed by atoms with E-state index in [1.165, 1.54) is 0 Å². The van der Waals surface area contributed by atoms with Crippen LogP contribution in [0.15, 0.2) is 70.6 Å². The second-order valence-electron chi connectivity index (χ2n) is 3.96. The van der Waals surface area contributed by atoms with Gasteiger partial charge in [-0.2, -0.15) is 0 Å². The fourth-order valence-corrected chi connectivity index (χ4v) is 2.07. The molecule has 0 bridgehead atoms. The van der Waals surface area contributed by atoms with Crippen molar-refractivity contribution in [1.82, 2.24) is 0 Å². The number of halogens is 2. The minimum Gasteiger partial charge on any atom is -0.457 e. The third-order valence-electron chi connectivity index (χ3n) is 2.58. The highest BCUT2D eigenvalue weighted by molar-refractivity contribution is 9.10. The molecule has 0 atom stereocenters. The van der Waals surface area contributed by atoms with Crippen molar-refractivity contribution in [3.05, 3.63) is 81.8 Å². The number of hydrogen-bond donors (Lipinski definition) is 0. The topological polar surface area (TPSA) is 9.23 Å². The fraction of sp³-hybridized carbons (Fsp3) is 0. The molecule has 0 N–H and O–H groups in total. The summed E-state index contributed by atoms with van der Waals surface area (Å²) in [6.07, 6.45) is 0. The van der Waals surface area contributed by atoms with E-state index in [0.717, 1.165) is 20.1 Å².